The summed E-state index contributed by atoms with van der Waals surface area (Å²) in [5.41, 5.74) is 4.86. The van der Waals surface area contributed by atoms with E-state index in [1.54, 1.807) is 0 Å². The van der Waals surface area contributed by atoms with Crippen molar-refractivity contribution < 1.29 is 14.0 Å². The van der Waals surface area contributed by atoms with Crippen molar-refractivity contribution >= 4 is 11.8 Å². The van der Waals surface area contributed by atoms with E-state index in [0.29, 0.717) is 0 Å². The maximum Gasteiger partial charge on any atom is 0.269 e. The zero-order valence-corrected chi connectivity index (χ0v) is 15.8. The molecule has 0 aliphatic heterocycles. The summed E-state index contributed by atoms with van der Waals surface area (Å²) in [5, 5.41) is 0. The van der Waals surface area contributed by atoms with Crippen LogP contribution in [0.1, 0.15) is 76.6 Å². The Morgan fingerprint density at radius 1 is 1.08 bits per heavy atom. The van der Waals surface area contributed by atoms with Gasteiger partial charge in [0, 0.05) is 11.5 Å². The first-order valence-corrected chi connectivity index (χ1v) is 9.11. The van der Waals surface area contributed by atoms with Gasteiger partial charge in [-0.1, -0.05) is 65.9 Å². The molecule has 1 atom stereocenters. The van der Waals surface area contributed by atoms with Gasteiger partial charge in [0.05, 0.1) is 0 Å². The molecular formula is C20H31FN2O2. The molecule has 25 heavy (non-hydrogen) atoms. The lowest BCUT2D eigenvalue weighted by Gasteiger charge is -2.29. The molecule has 1 aromatic carbocycles. The third-order valence-electron chi connectivity index (χ3n) is 4.34. The first-order valence-electron chi connectivity index (χ1n) is 9.11. The lowest BCUT2D eigenvalue weighted by molar-refractivity contribution is -0.129. The number of hydrogen-bond acceptors (Lipinski definition) is 2. The maximum absolute atomic E-state index is 13.2. The van der Waals surface area contributed by atoms with Gasteiger partial charge in [0.25, 0.3) is 5.91 Å². The average Bonchev–Trinajstić information content (AvgIpc) is 2.54. The lowest BCUT2D eigenvalue weighted by Crippen LogP contribution is -2.47. The van der Waals surface area contributed by atoms with E-state index in [9.17, 15) is 14.0 Å². The van der Waals surface area contributed by atoms with Crippen molar-refractivity contribution in [3.8, 4) is 0 Å². The molecule has 0 heterocycles. The standard InChI is InChI=1S/C20H31FN2O2/c1-5-6-7-8-9-13-17(20(2,3)4)19(25)23-22-18(24)15-11-10-12-16(21)14-15/h10-12,14,17H,5-9,13H2,1-4H3,(H,22,24)(H,23,25). The van der Waals surface area contributed by atoms with Crippen LogP contribution in [0.15, 0.2) is 24.3 Å². The largest absolute Gasteiger partial charge is 0.273 e. The minimum Gasteiger partial charge on any atom is -0.273 e. The van der Waals surface area contributed by atoms with E-state index >= 15 is 0 Å². The number of unbranched alkanes of at least 4 members (excludes halogenated alkanes) is 4. The van der Waals surface area contributed by atoms with Crippen molar-refractivity contribution in [2.24, 2.45) is 11.3 Å². The van der Waals surface area contributed by atoms with Crippen LogP contribution in [-0.4, -0.2) is 11.8 Å². The summed E-state index contributed by atoms with van der Waals surface area (Å²) in [6.45, 7) is 8.25. The van der Waals surface area contributed by atoms with Gasteiger partial charge < -0.3 is 0 Å². The van der Waals surface area contributed by atoms with Crippen LogP contribution in [0.5, 0.6) is 0 Å². The van der Waals surface area contributed by atoms with Crippen molar-refractivity contribution in [2.45, 2.75) is 66.2 Å². The summed E-state index contributed by atoms with van der Waals surface area (Å²) >= 11 is 0. The monoisotopic (exact) mass is 350 g/mol. The van der Waals surface area contributed by atoms with Gasteiger partial charge in [0.15, 0.2) is 0 Å². The van der Waals surface area contributed by atoms with Crippen LogP contribution >= 0.6 is 0 Å². The number of hydrazine groups is 1. The Labute approximate surface area is 150 Å². The Morgan fingerprint density at radius 2 is 1.76 bits per heavy atom. The predicted molar refractivity (Wildman–Crippen MR) is 98.3 cm³/mol. The van der Waals surface area contributed by atoms with Gasteiger partial charge in [-0.15, -0.1) is 0 Å². The highest BCUT2D eigenvalue weighted by Crippen LogP contribution is 2.30. The van der Waals surface area contributed by atoms with Crippen molar-refractivity contribution in [3.05, 3.63) is 35.6 Å². The molecule has 0 saturated heterocycles. The Hall–Kier alpha value is -1.91. The Balaban J connectivity index is 2.55. The van der Waals surface area contributed by atoms with E-state index in [0.717, 1.165) is 25.3 Å². The first kappa shape index (κ1) is 21.1. The van der Waals surface area contributed by atoms with Crippen molar-refractivity contribution in [1.82, 2.24) is 10.9 Å². The number of hydrogen-bond donors (Lipinski definition) is 2. The van der Waals surface area contributed by atoms with E-state index in [-0.39, 0.29) is 22.8 Å². The highest BCUT2D eigenvalue weighted by molar-refractivity contribution is 5.95. The zero-order chi connectivity index (χ0) is 18.9. The Morgan fingerprint density at radius 3 is 2.36 bits per heavy atom. The number of amides is 2. The summed E-state index contributed by atoms with van der Waals surface area (Å²) in [5.74, 6) is -1.41. The molecule has 0 radical (unpaired) electrons. The fourth-order valence-corrected chi connectivity index (χ4v) is 2.82. The number of carbonyl (C=O) groups is 2. The van der Waals surface area contributed by atoms with Gasteiger partial charge in [-0.25, -0.2) is 4.39 Å². The molecule has 5 heteroatoms. The predicted octanol–water partition coefficient (Wildman–Crippen LogP) is 4.61. The average molecular weight is 350 g/mol. The molecule has 2 amide bonds. The van der Waals surface area contributed by atoms with Gasteiger partial charge in [-0.05, 0) is 30.0 Å². The zero-order valence-electron chi connectivity index (χ0n) is 15.8. The maximum atomic E-state index is 13.2. The van der Waals surface area contributed by atoms with Crippen LogP contribution in [-0.2, 0) is 4.79 Å². The van der Waals surface area contributed by atoms with Crippen LogP contribution in [0.3, 0.4) is 0 Å². The molecule has 2 N–H and O–H groups in total. The molecule has 0 fully saturated rings. The van der Waals surface area contributed by atoms with Crippen molar-refractivity contribution in [1.29, 1.82) is 0 Å². The van der Waals surface area contributed by atoms with E-state index in [4.69, 9.17) is 0 Å². The Bertz CT molecular complexity index is 567. The van der Waals surface area contributed by atoms with Gasteiger partial charge in [0.2, 0.25) is 5.91 Å². The van der Waals surface area contributed by atoms with Crippen molar-refractivity contribution in [3.63, 3.8) is 0 Å². The molecule has 0 saturated carbocycles. The molecule has 1 aromatic rings. The number of nitrogens with one attached hydrogen (secondary N) is 2. The molecular weight excluding hydrogens is 319 g/mol. The fraction of sp³-hybridized carbons (Fsp3) is 0.600. The number of rotatable bonds is 8. The fourth-order valence-electron chi connectivity index (χ4n) is 2.82. The summed E-state index contributed by atoms with van der Waals surface area (Å²) in [6, 6.07) is 5.36. The van der Waals surface area contributed by atoms with Gasteiger partial charge in [-0.3, -0.25) is 20.4 Å². The molecule has 0 spiro atoms. The molecule has 0 aromatic heterocycles. The SMILES string of the molecule is CCCCCCCC(C(=O)NNC(=O)c1cccc(F)c1)C(C)(C)C. The number of carbonyl (C=O) groups excluding carboxylic acids is 2. The molecule has 0 aliphatic rings. The van der Waals surface area contributed by atoms with Gasteiger partial charge in [-0.2, -0.15) is 0 Å². The molecule has 140 valence electrons. The molecule has 1 unspecified atom stereocenters. The highest BCUT2D eigenvalue weighted by Gasteiger charge is 2.31. The summed E-state index contributed by atoms with van der Waals surface area (Å²) in [4.78, 5) is 24.5. The minimum atomic E-state index is -0.525. The Kier molecular flexibility index (Phi) is 8.59. The van der Waals surface area contributed by atoms with Gasteiger partial charge in [0.1, 0.15) is 5.82 Å². The number of benzene rings is 1. The first-order chi connectivity index (χ1) is 11.8. The van der Waals surface area contributed by atoms with Crippen LogP contribution in [0.4, 0.5) is 4.39 Å². The van der Waals surface area contributed by atoms with Crippen molar-refractivity contribution in [2.75, 3.05) is 0 Å². The summed E-state index contributed by atoms with van der Waals surface area (Å²) < 4.78 is 13.2. The summed E-state index contributed by atoms with van der Waals surface area (Å²) in [6.07, 6.45) is 6.49. The molecule has 1 rings (SSSR count). The third-order valence-corrected chi connectivity index (χ3v) is 4.34. The normalized spacial score (nSPS) is 12.5. The highest BCUT2D eigenvalue weighted by atomic mass is 19.1. The molecule has 4 nitrogen and oxygen atoms in total. The number of halogens is 1. The van der Waals surface area contributed by atoms with E-state index in [1.165, 1.54) is 37.5 Å². The molecule has 0 aliphatic carbocycles. The van der Waals surface area contributed by atoms with E-state index < -0.39 is 11.7 Å². The third kappa shape index (κ3) is 7.67. The van der Waals surface area contributed by atoms with E-state index in [2.05, 4.69) is 17.8 Å². The molecule has 0 bridgehead atoms. The van der Waals surface area contributed by atoms with Crippen LogP contribution < -0.4 is 10.9 Å². The smallest absolute Gasteiger partial charge is 0.269 e. The lowest BCUT2D eigenvalue weighted by atomic mass is 9.77. The second-order valence-electron chi connectivity index (χ2n) is 7.58. The summed E-state index contributed by atoms with van der Waals surface area (Å²) in [7, 11) is 0. The quantitative estimate of drug-likeness (QED) is 0.531. The minimum absolute atomic E-state index is 0.173. The second kappa shape index (κ2) is 10.2. The topological polar surface area (TPSA) is 58.2 Å². The second-order valence-corrected chi connectivity index (χ2v) is 7.58. The van der Waals surface area contributed by atoms with E-state index in [1.807, 2.05) is 20.8 Å². The van der Waals surface area contributed by atoms with Gasteiger partial charge >= 0.3 is 0 Å². The van der Waals surface area contributed by atoms with Crippen LogP contribution in [0, 0.1) is 17.2 Å². The van der Waals surface area contributed by atoms with Crippen LogP contribution in [0.25, 0.3) is 0 Å². The van der Waals surface area contributed by atoms with Crippen LogP contribution in [0.2, 0.25) is 0 Å².